The van der Waals surface area contributed by atoms with Crippen LogP contribution < -0.4 is 16.4 Å². The minimum atomic E-state index is -0.556. The third-order valence-corrected chi connectivity index (χ3v) is 2.23. The van der Waals surface area contributed by atoms with E-state index >= 15 is 0 Å². The lowest BCUT2D eigenvalue weighted by molar-refractivity contribution is 0.0931. The van der Waals surface area contributed by atoms with E-state index in [9.17, 15) is 9.59 Å². The van der Waals surface area contributed by atoms with Gasteiger partial charge in [-0.15, -0.1) is 0 Å². The molecule has 0 aliphatic heterocycles. The Morgan fingerprint density at radius 3 is 2.56 bits per heavy atom. The van der Waals surface area contributed by atoms with Crippen LogP contribution >= 0.6 is 0 Å². The molecular weight excluding hydrogens is 234 g/mol. The summed E-state index contributed by atoms with van der Waals surface area (Å²) >= 11 is 0. The van der Waals surface area contributed by atoms with Crippen LogP contribution in [0.1, 0.15) is 6.92 Å². The van der Waals surface area contributed by atoms with Crippen LogP contribution in [0.4, 0.5) is 5.69 Å². The first-order valence-electron chi connectivity index (χ1n) is 5.52. The molecule has 1 aromatic heterocycles. The average molecular weight is 247 g/mol. The molecule has 94 valence electrons. The number of para-hydroxylation sites is 1. The quantitative estimate of drug-likeness (QED) is 0.810. The van der Waals surface area contributed by atoms with Crippen molar-refractivity contribution in [1.29, 1.82) is 0 Å². The molecule has 0 atom stereocenters. The number of anilines is 1. The van der Waals surface area contributed by atoms with Gasteiger partial charge in [0.2, 0.25) is 0 Å². The monoisotopic (exact) mass is 247 g/mol. The van der Waals surface area contributed by atoms with Gasteiger partial charge in [-0.05, 0) is 19.1 Å². The van der Waals surface area contributed by atoms with Crippen LogP contribution in [0.3, 0.4) is 0 Å². The van der Waals surface area contributed by atoms with Crippen LogP contribution in [-0.4, -0.2) is 16.3 Å². The van der Waals surface area contributed by atoms with Gasteiger partial charge in [0.15, 0.2) is 0 Å². The Hall–Kier alpha value is -2.34. The van der Waals surface area contributed by atoms with E-state index in [1.807, 2.05) is 25.1 Å². The van der Waals surface area contributed by atoms with Crippen LogP contribution in [0.25, 0.3) is 0 Å². The Bertz CT molecular complexity index is 618. The Morgan fingerprint density at radius 2 is 1.94 bits per heavy atom. The first kappa shape index (κ1) is 12.1. The van der Waals surface area contributed by atoms with Crippen LogP contribution in [-0.2, 0) is 4.84 Å². The van der Waals surface area contributed by atoms with Crippen LogP contribution in [0.2, 0.25) is 0 Å². The number of hydrogen-bond donors (Lipinski definition) is 1. The van der Waals surface area contributed by atoms with Crippen LogP contribution in [0, 0.1) is 0 Å². The number of nitrogens with zero attached hydrogens (tertiary/aromatic N) is 2. The third-order valence-electron chi connectivity index (χ3n) is 2.23. The Kier molecular flexibility index (Phi) is 3.59. The third kappa shape index (κ3) is 2.49. The van der Waals surface area contributed by atoms with Crippen molar-refractivity contribution in [2.24, 2.45) is 0 Å². The molecule has 0 spiro atoms. The van der Waals surface area contributed by atoms with Crippen LogP contribution in [0.15, 0.2) is 52.2 Å². The van der Waals surface area contributed by atoms with Gasteiger partial charge in [-0.3, -0.25) is 14.6 Å². The molecule has 0 amide bonds. The lowest BCUT2D eigenvalue weighted by Crippen LogP contribution is -2.41. The highest BCUT2D eigenvalue weighted by Crippen LogP contribution is 2.13. The van der Waals surface area contributed by atoms with Crippen molar-refractivity contribution in [3.63, 3.8) is 0 Å². The smallest absolute Gasteiger partial charge is 0.272 e. The van der Waals surface area contributed by atoms with E-state index in [0.29, 0.717) is 12.3 Å². The fourth-order valence-electron chi connectivity index (χ4n) is 1.49. The molecule has 1 aromatic carbocycles. The van der Waals surface area contributed by atoms with Crippen molar-refractivity contribution in [2.75, 3.05) is 11.8 Å². The maximum Gasteiger partial charge on any atom is 0.349 e. The molecule has 0 bridgehead atoms. The van der Waals surface area contributed by atoms with Gasteiger partial charge in [-0.1, -0.05) is 18.2 Å². The van der Waals surface area contributed by atoms with Crippen molar-refractivity contribution < 1.29 is 4.84 Å². The number of rotatable bonds is 4. The lowest BCUT2D eigenvalue weighted by atomic mass is 10.3. The predicted molar refractivity (Wildman–Crippen MR) is 67.3 cm³/mol. The van der Waals surface area contributed by atoms with E-state index in [0.717, 1.165) is 0 Å². The van der Waals surface area contributed by atoms with E-state index in [1.165, 1.54) is 22.1 Å². The lowest BCUT2D eigenvalue weighted by Gasteiger charge is -2.23. The second-order valence-electron chi connectivity index (χ2n) is 3.48. The maximum absolute atomic E-state index is 11.7. The number of aromatic nitrogens is 2. The van der Waals surface area contributed by atoms with Gasteiger partial charge in [0.25, 0.3) is 5.56 Å². The van der Waals surface area contributed by atoms with E-state index in [4.69, 9.17) is 4.84 Å². The maximum atomic E-state index is 11.7. The zero-order chi connectivity index (χ0) is 13.0. The molecule has 0 fully saturated rings. The molecule has 1 N–H and O–H groups in total. The highest BCUT2D eigenvalue weighted by atomic mass is 16.7. The van der Waals surface area contributed by atoms with Crippen molar-refractivity contribution >= 4 is 5.69 Å². The summed E-state index contributed by atoms with van der Waals surface area (Å²) in [5.74, 6) is 0. The van der Waals surface area contributed by atoms with E-state index < -0.39 is 11.2 Å². The summed E-state index contributed by atoms with van der Waals surface area (Å²) in [5.41, 5.74) is -0.311. The van der Waals surface area contributed by atoms with E-state index in [1.54, 1.807) is 12.1 Å². The Labute approximate surface area is 103 Å². The topological polar surface area (TPSA) is 67.3 Å². The molecule has 0 aliphatic rings. The first-order chi connectivity index (χ1) is 8.72. The molecule has 0 saturated carbocycles. The Morgan fingerprint density at radius 1 is 1.22 bits per heavy atom. The van der Waals surface area contributed by atoms with Crippen molar-refractivity contribution in [3.05, 3.63) is 63.4 Å². The largest absolute Gasteiger partial charge is 0.349 e. The molecular formula is C12H13N3O3. The molecule has 0 radical (unpaired) electrons. The Balaban J connectivity index is 2.48. The van der Waals surface area contributed by atoms with Gasteiger partial charge < -0.3 is 0 Å². The van der Waals surface area contributed by atoms with Gasteiger partial charge >= 0.3 is 5.69 Å². The molecule has 6 heteroatoms. The summed E-state index contributed by atoms with van der Waals surface area (Å²) < 4.78 is 1.19. The van der Waals surface area contributed by atoms with Gasteiger partial charge in [-0.25, -0.2) is 4.79 Å². The normalized spacial score (nSPS) is 10.3. The fraction of sp³-hybridized carbons (Fsp3) is 0.167. The number of hydrogen-bond acceptors (Lipinski definition) is 4. The number of H-pyrrole nitrogens is 1. The summed E-state index contributed by atoms with van der Waals surface area (Å²) in [5, 5.41) is 1.33. The number of benzene rings is 1. The zero-order valence-corrected chi connectivity index (χ0v) is 9.87. The van der Waals surface area contributed by atoms with Gasteiger partial charge in [-0.2, -0.15) is 9.85 Å². The van der Waals surface area contributed by atoms with Gasteiger partial charge in [0, 0.05) is 12.3 Å². The minimum absolute atomic E-state index is 0.389. The summed E-state index contributed by atoms with van der Waals surface area (Å²) in [4.78, 5) is 30.3. The van der Waals surface area contributed by atoms with E-state index in [2.05, 4.69) is 4.98 Å². The predicted octanol–water partition coefficient (Wildman–Crippen LogP) is 0.758. The number of nitrogens with one attached hydrogen (secondary N) is 1. The van der Waals surface area contributed by atoms with Crippen molar-refractivity contribution in [2.45, 2.75) is 6.92 Å². The molecule has 2 aromatic rings. The van der Waals surface area contributed by atoms with Gasteiger partial charge in [0.1, 0.15) is 0 Å². The first-order valence-corrected chi connectivity index (χ1v) is 5.52. The van der Waals surface area contributed by atoms with E-state index in [-0.39, 0.29) is 0 Å². The highest BCUT2D eigenvalue weighted by molar-refractivity contribution is 5.42. The van der Waals surface area contributed by atoms with Crippen molar-refractivity contribution in [1.82, 2.24) is 9.66 Å². The molecule has 0 unspecified atom stereocenters. The minimum Gasteiger partial charge on any atom is -0.272 e. The average Bonchev–Trinajstić information content (AvgIpc) is 2.38. The molecule has 0 aliphatic carbocycles. The SMILES string of the molecule is CCON(c1ccccc1)n1ccc(=O)[nH]c1=O. The highest BCUT2D eigenvalue weighted by Gasteiger charge is 2.10. The second-order valence-corrected chi connectivity index (χ2v) is 3.48. The molecule has 6 nitrogen and oxygen atoms in total. The molecule has 1 heterocycles. The van der Waals surface area contributed by atoms with Crippen molar-refractivity contribution in [3.8, 4) is 0 Å². The summed E-state index contributed by atoms with van der Waals surface area (Å²) in [6, 6.07) is 10.4. The number of aromatic amines is 1. The zero-order valence-electron chi connectivity index (χ0n) is 9.87. The molecule has 0 saturated heterocycles. The second kappa shape index (κ2) is 5.33. The standard InChI is InChI=1S/C12H13N3O3/c1-2-18-15(10-6-4-3-5-7-10)14-9-8-11(16)13-12(14)17/h3-9H,2H2,1H3,(H,13,16,17). The summed E-state index contributed by atoms with van der Waals surface area (Å²) in [6.45, 7) is 2.20. The molecule has 2 rings (SSSR count). The summed E-state index contributed by atoms with van der Waals surface area (Å²) in [7, 11) is 0. The summed E-state index contributed by atoms with van der Waals surface area (Å²) in [6.07, 6.45) is 1.36. The fourth-order valence-corrected chi connectivity index (χ4v) is 1.49. The van der Waals surface area contributed by atoms with Gasteiger partial charge in [0.05, 0.1) is 12.3 Å². The molecule has 18 heavy (non-hydrogen) atoms. The van der Waals surface area contributed by atoms with Crippen LogP contribution in [0.5, 0.6) is 0 Å².